The lowest BCUT2D eigenvalue weighted by Gasteiger charge is -2.26. The van der Waals surface area contributed by atoms with Crippen LogP contribution in [0.5, 0.6) is 0 Å². The zero-order valence-electron chi connectivity index (χ0n) is 18.9. The topological polar surface area (TPSA) is 64.6 Å². The third kappa shape index (κ3) is 18.0. The molecule has 0 saturated carbocycles. The van der Waals surface area contributed by atoms with Crippen molar-refractivity contribution in [1.29, 1.82) is 0 Å². The van der Waals surface area contributed by atoms with Crippen molar-refractivity contribution in [2.24, 2.45) is 0 Å². The predicted octanol–water partition coefficient (Wildman–Crippen LogP) is 3.48. The van der Waals surface area contributed by atoms with Gasteiger partial charge in [0.05, 0.1) is 0 Å². The molecule has 0 aliphatic carbocycles. The molecule has 0 saturated heterocycles. The lowest BCUT2D eigenvalue weighted by molar-refractivity contribution is 0.319. The van der Waals surface area contributed by atoms with Gasteiger partial charge in [-0.15, -0.1) is 0 Å². The predicted molar refractivity (Wildman–Crippen MR) is 124 cm³/mol. The average molecular weight is 517 g/mol. The van der Waals surface area contributed by atoms with Crippen LogP contribution < -0.4 is 0 Å². The van der Waals surface area contributed by atoms with Crippen molar-refractivity contribution in [3.05, 3.63) is 0 Å². The summed E-state index contributed by atoms with van der Waals surface area (Å²) in [5.41, 5.74) is 0. The number of hydrogen-bond donors (Lipinski definition) is 0. The first-order chi connectivity index (χ1) is 12.1. The summed E-state index contributed by atoms with van der Waals surface area (Å²) in [5, 5.41) is 0. The minimum atomic E-state index is -1.57. The summed E-state index contributed by atoms with van der Waals surface area (Å²) < 4.78 is 41.7. The lowest BCUT2D eigenvalue weighted by Crippen LogP contribution is -2.43. The van der Waals surface area contributed by atoms with Crippen molar-refractivity contribution in [3.63, 3.8) is 0 Å². The Morgan fingerprint density at radius 3 is 0.741 bits per heavy atom. The van der Waals surface area contributed by atoms with E-state index in [-0.39, 0.29) is 0 Å². The first-order valence-corrected chi connectivity index (χ1v) is 26.6. The molecule has 15 heteroatoms. The Bertz CT molecular complexity index is 372. The summed E-state index contributed by atoms with van der Waals surface area (Å²) >= 11 is 0. The Labute approximate surface area is 179 Å². The minimum Gasteiger partial charge on any atom is -0.436 e. The van der Waals surface area contributed by atoms with Gasteiger partial charge in [-0.3, -0.25) is 0 Å². The number of rotatable bonds is 14. The summed E-state index contributed by atoms with van der Waals surface area (Å²) in [6, 6.07) is 0. The second kappa shape index (κ2) is 13.0. The number of hydrogen-bond acceptors (Lipinski definition) is 7. The molecule has 0 aromatic carbocycles. The molecule has 0 aliphatic rings. The van der Waals surface area contributed by atoms with Gasteiger partial charge in [0.1, 0.15) is 0 Å². The van der Waals surface area contributed by atoms with Crippen molar-refractivity contribution in [2.75, 3.05) is 0 Å². The second-order valence-electron chi connectivity index (χ2n) is 7.89. The Kier molecular flexibility index (Phi) is 13.7. The molecule has 6 radical (unpaired) electrons. The van der Waals surface area contributed by atoms with Crippen LogP contribution in [0, 0.1) is 0 Å². The molecule has 0 rings (SSSR count). The van der Waals surface area contributed by atoms with E-state index in [4.69, 9.17) is 28.8 Å². The van der Waals surface area contributed by atoms with Gasteiger partial charge in [0.2, 0.25) is 0 Å². The average Bonchev–Trinajstić information content (AvgIpc) is 2.31. The van der Waals surface area contributed by atoms with Gasteiger partial charge in [0.25, 0.3) is 0 Å². The van der Waals surface area contributed by atoms with Crippen LogP contribution in [-0.2, 0) is 28.8 Å². The van der Waals surface area contributed by atoms with E-state index in [9.17, 15) is 0 Å². The SMILES string of the molecule is C[Si](O[Si](C)O[Si](C)O[Si](C)O[Si](C)(C)C)O[Si](C)O[Si](C)O[Si](C)(C)C. The normalized spacial score (nSPS) is 14.0. The molecule has 0 atom stereocenters. The molecule has 0 aromatic heterocycles. The van der Waals surface area contributed by atoms with E-state index in [1.807, 2.05) is 39.3 Å². The van der Waals surface area contributed by atoms with Crippen LogP contribution in [0.25, 0.3) is 0 Å². The summed E-state index contributed by atoms with van der Waals surface area (Å²) in [4.78, 5) is 0. The zero-order chi connectivity index (χ0) is 21.4. The largest absolute Gasteiger partial charge is 0.436 e. The first kappa shape index (κ1) is 28.5. The van der Waals surface area contributed by atoms with Crippen molar-refractivity contribution in [2.45, 2.75) is 78.6 Å². The maximum absolute atomic E-state index is 5.99. The lowest BCUT2D eigenvalue weighted by atomic mass is 11.8. The van der Waals surface area contributed by atoms with Gasteiger partial charge >= 0.3 is 55.7 Å². The fourth-order valence-corrected chi connectivity index (χ4v) is 20.2. The Morgan fingerprint density at radius 2 is 0.556 bits per heavy atom. The molecule has 158 valence electrons. The van der Waals surface area contributed by atoms with E-state index in [0.29, 0.717) is 0 Å². The minimum absolute atomic E-state index is 1.27. The fourth-order valence-electron chi connectivity index (χ4n) is 2.00. The summed E-state index contributed by atoms with van der Waals surface area (Å²) in [6.07, 6.45) is 0. The molecule has 0 heterocycles. The van der Waals surface area contributed by atoms with E-state index in [1.165, 1.54) is 0 Å². The third-order valence-electron chi connectivity index (χ3n) is 2.34. The first-order valence-electron chi connectivity index (χ1n) is 8.86. The molecule has 0 fully saturated rings. The summed E-state index contributed by atoms with van der Waals surface area (Å²) in [5.74, 6) is 0. The van der Waals surface area contributed by atoms with Gasteiger partial charge in [-0.2, -0.15) is 0 Å². The highest BCUT2D eigenvalue weighted by Crippen LogP contribution is 2.09. The molecular formula is C12H36O7Si8. The highest BCUT2D eigenvalue weighted by atomic mass is 28.5. The standard InChI is InChI=1S/C12H36O7Si8/c1-20(14-22(3)16-24(5)18-26(7,8)9)13-21(2)15-23(4)17-25(6)19-27(10,11)12/h1-12H3. The quantitative estimate of drug-likeness (QED) is 0.327. The highest BCUT2D eigenvalue weighted by Gasteiger charge is 2.29. The molecule has 7 nitrogen and oxygen atoms in total. The highest BCUT2D eigenvalue weighted by molar-refractivity contribution is 6.78. The van der Waals surface area contributed by atoms with Crippen LogP contribution in [0.15, 0.2) is 0 Å². The molecule has 0 N–H and O–H groups in total. The van der Waals surface area contributed by atoms with Crippen LogP contribution in [0.2, 0.25) is 78.6 Å². The van der Waals surface area contributed by atoms with Gasteiger partial charge in [0.15, 0.2) is 16.6 Å². The smallest absolute Gasteiger partial charge is 0.362 e. The molecule has 0 aliphatic heterocycles. The van der Waals surface area contributed by atoms with E-state index < -0.39 is 72.3 Å². The van der Waals surface area contributed by atoms with Crippen LogP contribution in [0.3, 0.4) is 0 Å². The summed E-state index contributed by atoms with van der Waals surface area (Å²) in [6.45, 7) is 25.0. The molecule has 27 heavy (non-hydrogen) atoms. The van der Waals surface area contributed by atoms with Gasteiger partial charge in [-0.05, 0) is 78.6 Å². The Balaban J connectivity index is 4.17. The van der Waals surface area contributed by atoms with Crippen molar-refractivity contribution in [3.8, 4) is 0 Å². The Morgan fingerprint density at radius 1 is 0.370 bits per heavy atom. The van der Waals surface area contributed by atoms with E-state index in [2.05, 4.69) is 39.3 Å². The van der Waals surface area contributed by atoms with Gasteiger partial charge < -0.3 is 28.8 Å². The molecule has 0 bridgehead atoms. The van der Waals surface area contributed by atoms with E-state index in [0.717, 1.165) is 0 Å². The van der Waals surface area contributed by atoms with Crippen molar-refractivity contribution in [1.82, 2.24) is 0 Å². The van der Waals surface area contributed by atoms with Crippen LogP contribution in [-0.4, -0.2) is 72.3 Å². The maximum atomic E-state index is 5.99. The molecule has 0 unspecified atom stereocenters. The van der Waals surface area contributed by atoms with E-state index in [1.54, 1.807) is 0 Å². The Hall–Kier alpha value is 1.46. The molecule has 0 aromatic rings. The van der Waals surface area contributed by atoms with Crippen LogP contribution >= 0.6 is 0 Å². The van der Waals surface area contributed by atoms with Gasteiger partial charge in [0, 0.05) is 0 Å². The maximum Gasteiger partial charge on any atom is 0.362 e. The zero-order valence-corrected chi connectivity index (χ0v) is 26.9. The second-order valence-corrected chi connectivity index (χ2v) is 28.0. The summed E-state index contributed by atoms with van der Waals surface area (Å²) in [7, 11) is -11.3. The third-order valence-corrected chi connectivity index (χ3v) is 21.0. The van der Waals surface area contributed by atoms with Gasteiger partial charge in [-0.1, -0.05) is 0 Å². The fraction of sp³-hybridized carbons (Fsp3) is 1.00. The van der Waals surface area contributed by atoms with Crippen molar-refractivity contribution < 1.29 is 28.8 Å². The molecule has 0 spiro atoms. The monoisotopic (exact) mass is 516 g/mol. The molecular weight excluding hydrogens is 481 g/mol. The van der Waals surface area contributed by atoms with Crippen LogP contribution in [0.4, 0.5) is 0 Å². The van der Waals surface area contributed by atoms with Gasteiger partial charge in [-0.25, -0.2) is 0 Å². The van der Waals surface area contributed by atoms with E-state index >= 15 is 0 Å². The van der Waals surface area contributed by atoms with Crippen LogP contribution in [0.1, 0.15) is 0 Å². The molecule has 0 amide bonds. The van der Waals surface area contributed by atoms with Crippen molar-refractivity contribution >= 4 is 72.3 Å².